The number of esters is 2. The van der Waals surface area contributed by atoms with Gasteiger partial charge in [0.05, 0.1) is 33.0 Å². The molecule has 0 radical (unpaired) electrons. The first-order chi connectivity index (χ1) is 12.6. The summed E-state index contributed by atoms with van der Waals surface area (Å²) in [7, 11) is 2.48. The van der Waals surface area contributed by atoms with E-state index in [-0.39, 0.29) is 31.2 Å². The van der Waals surface area contributed by atoms with Crippen molar-refractivity contribution < 1.29 is 28.9 Å². The third kappa shape index (κ3) is 3.14. The molecule has 0 aromatic heterocycles. The van der Waals surface area contributed by atoms with Crippen LogP contribution in [-0.2, 0) is 30.4 Å². The Kier molecular flexibility index (Phi) is 5.20. The Morgan fingerprint density at radius 3 is 2.38 bits per heavy atom. The Morgan fingerprint density at radius 1 is 1.12 bits per heavy atom. The van der Waals surface area contributed by atoms with Crippen LogP contribution in [0.3, 0.4) is 0 Å². The fourth-order valence-electron chi connectivity index (χ4n) is 2.99. The molecule has 7 heteroatoms. The SMILES string of the molecule is COC(=O)C1=C(C(=O)OC)N(c2cc3ccccc3cc2CO)COC1. The Balaban J connectivity index is 2.21. The zero-order valence-corrected chi connectivity index (χ0v) is 14.5. The van der Waals surface area contributed by atoms with Crippen LogP contribution in [0.15, 0.2) is 47.7 Å². The quantitative estimate of drug-likeness (QED) is 0.834. The molecule has 0 atom stereocenters. The van der Waals surface area contributed by atoms with E-state index in [0.29, 0.717) is 11.3 Å². The summed E-state index contributed by atoms with van der Waals surface area (Å²) in [6.45, 7) is -0.259. The van der Waals surface area contributed by atoms with Gasteiger partial charge in [0, 0.05) is 11.3 Å². The fourth-order valence-corrected chi connectivity index (χ4v) is 2.99. The second-order valence-electron chi connectivity index (χ2n) is 5.70. The average Bonchev–Trinajstić information content (AvgIpc) is 2.70. The van der Waals surface area contributed by atoms with Crippen LogP contribution in [0.5, 0.6) is 0 Å². The van der Waals surface area contributed by atoms with Gasteiger partial charge in [-0.15, -0.1) is 0 Å². The number of hydrogen-bond donors (Lipinski definition) is 1. The fraction of sp³-hybridized carbons (Fsp3) is 0.263. The van der Waals surface area contributed by atoms with Crippen molar-refractivity contribution in [3.05, 3.63) is 53.2 Å². The van der Waals surface area contributed by atoms with Crippen LogP contribution >= 0.6 is 0 Å². The largest absolute Gasteiger partial charge is 0.466 e. The second-order valence-corrected chi connectivity index (χ2v) is 5.70. The summed E-state index contributed by atoms with van der Waals surface area (Å²) in [5.74, 6) is -1.34. The third-order valence-corrected chi connectivity index (χ3v) is 4.24. The minimum absolute atomic E-state index is 0.0380. The van der Waals surface area contributed by atoms with Crippen LogP contribution in [-0.4, -0.2) is 44.6 Å². The lowest BCUT2D eigenvalue weighted by Crippen LogP contribution is -2.39. The maximum atomic E-state index is 12.4. The van der Waals surface area contributed by atoms with Gasteiger partial charge in [-0.05, 0) is 22.9 Å². The van der Waals surface area contributed by atoms with Crippen LogP contribution in [0, 0.1) is 0 Å². The number of rotatable bonds is 4. The normalized spacial score (nSPS) is 14.5. The van der Waals surface area contributed by atoms with E-state index in [9.17, 15) is 14.7 Å². The van der Waals surface area contributed by atoms with Crippen LogP contribution in [0.25, 0.3) is 10.8 Å². The van der Waals surface area contributed by atoms with E-state index in [0.717, 1.165) is 10.8 Å². The van der Waals surface area contributed by atoms with Crippen molar-refractivity contribution in [2.45, 2.75) is 6.61 Å². The number of aliphatic hydroxyl groups excluding tert-OH is 1. The van der Waals surface area contributed by atoms with E-state index in [2.05, 4.69) is 0 Å². The highest BCUT2D eigenvalue weighted by molar-refractivity contribution is 6.04. The molecule has 0 saturated heterocycles. The van der Waals surface area contributed by atoms with E-state index >= 15 is 0 Å². The van der Waals surface area contributed by atoms with Gasteiger partial charge in [-0.25, -0.2) is 9.59 Å². The van der Waals surface area contributed by atoms with Crippen LogP contribution in [0.2, 0.25) is 0 Å². The molecular formula is C19H19NO6. The van der Waals surface area contributed by atoms with Crippen LogP contribution < -0.4 is 4.90 Å². The van der Waals surface area contributed by atoms with E-state index in [1.807, 2.05) is 36.4 Å². The van der Waals surface area contributed by atoms with Crippen molar-refractivity contribution in [2.24, 2.45) is 0 Å². The maximum absolute atomic E-state index is 12.4. The van der Waals surface area contributed by atoms with Crippen LogP contribution in [0.4, 0.5) is 5.69 Å². The van der Waals surface area contributed by atoms with Gasteiger partial charge < -0.3 is 24.2 Å². The van der Waals surface area contributed by atoms with Gasteiger partial charge >= 0.3 is 11.9 Å². The maximum Gasteiger partial charge on any atom is 0.355 e. The molecule has 0 aliphatic carbocycles. The van der Waals surface area contributed by atoms with E-state index in [1.165, 1.54) is 19.1 Å². The topological polar surface area (TPSA) is 85.3 Å². The third-order valence-electron chi connectivity index (χ3n) is 4.24. The Hall–Kier alpha value is -2.90. The predicted molar refractivity (Wildman–Crippen MR) is 94.2 cm³/mol. The molecule has 1 aliphatic heterocycles. The Morgan fingerprint density at radius 2 is 1.77 bits per heavy atom. The first-order valence-corrected chi connectivity index (χ1v) is 7.98. The van der Waals surface area contributed by atoms with E-state index in [4.69, 9.17) is 14.2 Å². The number of hydrogen-bond acceptors (Lipinski definition) is 7. The number of carbonyl (C=O) groups is 2. The molecule has 26 heavy (non-hydrogen) atoms. The minimum atomic E-state index is -0.675. The Labute approximate surface area is 150 Å². The summed E-state index contributed by atoms with van der Waals surface area (Å²) in [5, 5.41) is 11.7. The van der Waals surface area contributed by atoms with Gasteiger partial charge in [-0.3, -0.25) is 0 Å². The predicted octanol–water partition coefficient (Wildman–Crippen LogP) is 1.73. The smallest absolute Gasteiger partial charge is 0.355 e. The van der Waals surface area contributed by atoms with Crippen molar-refractivity contribution in [3.63, 3.8) is 0 Å². The number of ether oxygens (including phenoxy) is 3. The summed E-state index contributed by atoms with van der Waals surface area (Å²) < 4.78 is 15.1. The first kappa shape index (κ1) is 17.9. The van der Waals surface area contributed by atoms with Gasteiger partial charge in [-0.1, -0.05) is 24.3 Å². The van der Waals surface area contributed by atoms with Crippen molar-refractivity contribution in [1.82, 2.24) is 0 Å². The van der Waals surface area contributed by atoms with Crippen LogP contribution in [0.1, 0.15) is 5.56 Å². The van der Waals surface area contributed by atoms with Crippen molar-refractivity contribution >= 4 is 28.4 Å². The molecule has 0 bridgehead atoms. The summed E-state index contributed by atoms with van der Waals surface area (Å²) in [5.41, 5.74) is 1.28. The lowest BCUT2D eigenvalue weighted by Gasteiger charge is -2.32. The number of carbonyl (C=O) groups excluding carboxylic acids is 2. The van der Waals surface area contributed by atoms with Crippen molar-refractivity contribution in [2.75, 3.05) is 32.5 Å². The molecule has 0 amide bonds. The second kappa shape index (κ2) is 7.55. The highest BCUT2D eigenvalue weighted by Gasteiger charge is 2.33. The summed E-state index contributed by atoms with van der Waals surface area (Å²) >= 11 is 0. The monoisotopic (exact) mass is 357 g/mol. The van der Waals surface area contributed by atoms with Gasteiger partial charge in [0.2, 0.25) is 0 Å². The standard InChI is InChI=1S/C19H19NO6/c1-24-18(22)15-10-26-11-20(17(15)19(23)25-2)16-8-13-6-4-3-5-12(13)7-14(16)9-21/h3-8,21H,9-11H2,1-2H3. The average molecular weight is 357 g/mol. The summed E-state index contributed by atoms with van der Waals surface area (Å²) in [6, 6.07) is 11.3. The molecule has 2 aromatic rings. The van der Waals surface area contributed by atoms with Gasteiger partial charge in [0.1, 0.15) is 12.4 Å². The molecule has 3 rings (SSSR count). The highest BCUT2D eigenvalue weighted by Crippen LogP contribution is 2.33. The van der Waals surface area contributed by atoms with E-state index < -0.39 is 11.9 Å². The highest BCUT2D eigenvalue weighted by atomic mass is 16.5. The number of methoxy groups -OCH3 is 2. The number of aliphatic hydroxyl groups is 1. The number of fused-ring (bicyclic) bond motifs is 1. The molecule has 0 unspecified atom stereocenters. The minimum Gasteiger partial charge on any atom is -0.466 e. The number of anilines is 1. The molecule has 0 spiro atoms. The molecule has 1 heterocycles. The van der Waals surface area contributed by atoms with Crippen molar-refractivity contribution in [1.29, 1.82) is 0 Å². The van der Waals surface area contributed by atoms with Gasteiger partial charge in [0.15, 0.2) is 0 Å². The molecule has 0 saturated carbocycles. The van der Waals surface area contributed by atoms with Crippen molar-refractivity contribution in [3.8, 4) is 0 Å². The van der Waals surface area contributed by atoms with E-state index in [1.54, 1.807) is 0 Å². The lowest BCUT2D eigenvalue weighted by molar-refractivity contribution is -0.140. The first-order valence-electron chi connectivity index (χ1n) is 7.98. The van der Waals surface area contributed by atoms with Gasteiger partial charge in [-0.2, -0.15) is 0 Å². The summed E-state index contributed by atoms with van der Waals surface area (Å²) in [4.78, 5) is 26.0. The molecule has 136 valence electrons. The number of nitrogens with zero attached hydrogens (tertiary/aromatic N) is 1. The lowest BCUT2D eigenvalue weighted by atomic mass is 10.0. The molecule has 1 aliphatic rings. The number of benzene rings is 2. The molecule has 7 nitrogen and oxygen atoms in total. The van der Waals surface area contributed by atoms with Gasteiger partial charge in [0.25, 0.3) is 0 Å². The zero-order valence-electron chi connectivity index (χ0n) is 14.5. The molecule has 0 fully saturated rings. The molecule has 1 N–H and O–H groups in total. The molecule has 2 aromatic carbocycles. The molecular weight excluding hydrogens is 338 g/mol. The summed E-state index contributed by atoms with van der Waals surface area (Å²) in [6.07, 6.45) is 0. The zero-order chi connectivity index (χ0) is 18.7. The Bertz CT molecular complexity index is 889.